The molecule has 2 unspecified atom stereocenters. The topological polar surface area (TPSA) is 29.3 Å². The third-order valence-corrected chi connectivity index (χ3v) is 4.05. The van der Waals surface area contributed by atoms with Crippen LogP contribution in [-0.2, 0) is 0 Å². The molecule has 2 N–H and O–H groups in total. The highest BCUT2D eigenvalue weighted by molar-refractivity contribution is 5.69. The molecule has 2 heteroatoms. The molecule has 17 heavy (non-hydrogen) atoms. The molecule has 0 saturated carbocycles. The Labute approximate surface area is 105 Å². The number of hydrogen-bond acceptors (Lipinski definition) is 2. The first-order valence-electron chi connectivity index (χ1n) is 6.74. The summed E-state index contributed by atoms with van der Waals surface area (Å²) in [5.74, 6) is 0.825. The van der Waals surface area contributed by atoms with Crippen molar-refractivity contribution in [2.24, 2.45) is 5.92 Å². The third-order valence-electron chi connectivity index (χ3n) is 4.05. The molecule has 0 radical (unpaired) electrons. The Morgan fingerprint density at radius 2 is 2.12 bits per heavy atom. The van der Waals surface area contributed by atoms with Gasteiger partial charge in [-0.05, 0) is 50.3 Å². The van der Waals surface area contributed by atoms with E-state index in [-0.39, 0.29) is 0 Å². The SMILES string of the molecule is CCC1CCC(C)N(c2cc(C)ccc2N)C1. The van der Waals surface area contributed by atoms with E-state index in [4.69, 9.17) is 5.73 Å². The molecule has 1 fully saturated rings. The number of nitrogens with two attached hydrogens (primary N) is 1. The van der Waals surface area contributed by atoms with Gasteiger partial charge in [-0.2, -0.15) is 0 Å². The molecule has 0 amide bonds. The number of rotatable bonds is 2. The lowest BCUT2D eigenvalue weighted by molar-refractivity contribution is 0.359. The monoisotopic (exact) mass is 232 g/mol. The van der Waals surface area contributed by atoms with E-state index >= 15 is 0 Å². The summed E-state index contributed by atoms with van der Waals surface area (Å²) in [6.07, 6.45) is 3.92. The van der Waals surface area contributed by atoms with Crippen LogP contribution in [0.4, 0.5) is 11.4 Å². The van der Waals surface area contributed by atoms with Crippen molar-refractivity contribution in [3.05, 3.63) is 23.8 Å². The average Bonchev–Trinajstić information content (AvgIpc) is 2.33. The van der Waals surface area contributed by atoms with Crippen molar-refractivity contribution in [1.29, 1.82) is 0 Å². The molecular formula is C15H24N2. The van der Waals surface area contributed by atoms with Gasteiger partial charge in [-0.3, -0.25) is 0 Å². The smallest absolute Gasteiger partial charge is 0.0605 e. The minimum Gasteiger partial charge on any atom is -0.397 e. The van der Waals surface area contributed by atoms with E-state index in [2.05, 4.69) is 37.8 Å². The number of aryl methyl sites for hydroxylation is 1. The minimum absolute atomic E-state index is 0.613. The van der Waals surface area contributed by atoms with Gasteiger partial charge in [0.1, 0.15) is 0 Å². The average molecular weight is 232 g/mol. The Bertz CT molecular complexity index is 387. The van der Waals surface area contributed by atoms with Crippen LogP contribution in [0.15, 0.2) is 18.2 Å². The number of nitrogens with zero attached hydrogens (tertiary/aromatic N) is 1. The highest BCUT2D eigenvalue weighted by Gasteiger charge is 2.25. The van der Waals surface area contributed by atoms with Gasteiger partial charge in [0.2, 0.25) is 0 Å². The predicted molar refractivity (Wildman–Crippen MR) is 75.4 cm³/mol. The molecule has 1 aliphatic rings. The summed E-state index contributed by atoms with van der Waals surface area (Å²) in [6.45, 7) is 7.90. The Kier molecular flexibility index (Phi) is 3.60. The van der Waals surface area contributed by atoms with E-state index in [0.717, 1.165) is 18.2 Å². The number of benzene rings is 1. The summed E-state index contributed by atoms with van der Waals surface area (Å²) in [4.78, 5) is 2.50. The van der Waals surface area contributed by atoms with Gasteiger partial charge in [-0.25, -0.2) is 0 Å². The van der Waals surface area contributed by atoms with E-state index in [1.165, 1.54) is 30.5 Å². The van der Waals surface area contributed by atoms with Crippen LogP contribution in [0, 0.1) is 12.8 Å². The van der Waals surface area contributed by atoms with Crippen molar-refractivity contribution < 1.29 is 0 Å². The first-order valence-corrected chi connectivity index (χ1v) is 6.74. The maximum atomic E-state index is 6.13. The summed E-state index contributed by atoms with van der Waals surface area (Å²) in [7, 11) is 0. The normalized spacial score (nSPS) is 25.0. The fourth-order valence-corrected chi connectivity index (χ4v) is 2.75. The summed E-state index contributed by atoms with van der Waals surface area (Å²) < 4.78 is 0. The standard InChI is InChI=1S/C15H24N2/c1-4-13-7-6-12(3)17(10-13)15-9-11(2)5-8-14(15)16/h5,8-9,12-13H,4,6-7,10,16H2,1-3H3. The third kappa shape index (κ3) is 2.56. The molecular weight excluding hydrogens is 208 g/mol. The van der Waals surface area contributed by atoms with E-state index in [1.54, 1.807) is 0 Å². The van der Waals surface area contributed by atoms with E-state index in [9.17, 15) is 0 Å². The molecule has 2 rings (SSSR count). The van der Waals surface area contributed by atoms with Crippen LogP contribution in [0.25, 0.3) is 0 Å². The Morgan fingerprint density at radius 1 is 1.35 bits per heavy atom. The molecule has 94 valence electrons. The molecule has 1 heterocycles. The van der Waals surface area contributed by atoms with Gasteiger partial charge < -0.3 is 10.6 Å². The highest BCUT2D eigenvalue weighted by Crippen LogP contribution is 2.33. The quantitative estimate of drug-likeness (QED) is 0.790. The number of anilines is 2. The molecule has 0 spiro atoms. The summed E-state index contributed by atoms with van der Waals surface area (Å²) in [5, 5.41) is 0. The van der Waals surface area contributed by atoms with Gasteiger partial charge in [0.05, 0.1) is 11.4 Å². The van der Waals surface area contributed by atoms with E-state index in [0.29, 0.717) is 6.04 Å². The van der Waals surface area contributed by atoms with Crippen molar-refractivity contribution in [1.82, 2.24) is 0 Å². The fourth-order valence-electron chi connectivity index (χ4n) is 2.75. The van der Waals surface area contributed by atoms with Crippen LogP contribution >= 0.6 is 0 Å². The molecule has 0 aliphatic carbocycles. The van der Waals surface area contributed by atoms with Crippen LogP contribution in [-0.4, -0.2) is 12.6 Å². The largest absolute Gasteiger partial charge is 0.397 e. The molecule has 0 aromatic heterocycles. The van der Waals surface area contributed by atoms with E-state index < -0.39 is 0 Å². The van der Waals surface area contributed by atoms with Crippen molar-refractivity contribution in [2.75, 3.05) is 17.2 Å². The van der Waals surface area contributed by atoms with Crippen LogP contribution in [0.3, 0.4) is 0 Å². The highest BCUT2D eigenvalue weighted by atomic mass is 15.2. The zero-order chi connectivity index (χ0) is 12.4. The minimum atomic E-state index is 0.613. The number of nitrogen functional groups attached to an aromatic ring is 1. The summed E-state index contributed by atoms with van der Waals surface area (Å²) >= 11 is 0. The van der Waals surface area contributed by atoms with Crippen LogP contribution in [0.5, 0.6) is 0 Å². The zero-order valence-electron chi connectivity index (χ0n) is 11.2. The number of piperidine rings is 1. The Morgan fingerprint density at radius 3 is 2.82 bits per heavy atom. The second-order valence-corrected chi connectivity index (χ2v) is 5.42. The molecule has 1 aliphatic heterocycles. The van der Waals surface area contributed by atoms with Crippen molar-refractivity contribution in [2.45, 2.75) is 46.1 Å². The lowest BCUT2D eigenvalue weighted by atomic mass is 9.91. The van der Waals surface area contributed by atoms with Crippen LogP contribution in [0.1, 0.15) is 38.7 Å². The van der Waals surface area contributed by atoms with Crippen LogP contribution < -0.4 is 10.6 Å². The molecule has 1 aromatic carbocycles. The maximum Gasteiger partial charge on any atom is 0.0605 e. The van der Waals surface area contributed by atoms with Crippen molar-refractivity contribution in [3.8, 4) is 0 Å². The fraction of sp³-hybridized carbons (Fsp3) is 0.600. The molecule has 1 aromatic rings. The van der Waals surface area contributed by atoms with Gasteiger partial charge in [0.25, 0.3) is 0 Å². The summed E-state index contributed by atoms with van der Waals surface area (Å²) in [6, 6.07) is 6.96. The molecule has 2 nitrogen and oxygen atoms in total. The van der Waals surface area contributed by atoms with Gasteiger partial charge in [0, 0.05) is 12.6 Å². The Balaban J connectivity index is 2.27. The summed E-state index contributed by atoms with van der Waals surface area (Å²) in [5.41, 5.74) is 9.57. The van der Waals surface area contributed by atoms with Crippen molar-refractivity contribution >= 4 is 11.4 Å². The van der Waals surface area contributed by atoms with Crippen LogP contribution in [0.2, 0.25) is 0 Å². The maximum absolute atomic E-state index is 6.13. The van der Waals surface area contributed by atoms with Gasteiger partial charge in [-0.15, -0.1) is 0 Å². The first kappa shape index (κ1) is 12.3. The van der Waals surface area contributed by atoms with Gasteiger partial charge in [-0.1, -0.05) is 19.4 Å². The second kappa shape index (κ2) is 4.99. The predicted octanol–water partition coefficient (Wildman–Crippen LogP) is 3.59. The molecule has 0 bridgehead atoms. The molecule has 1 saturated heterocycles. The lowest BCUT2D eigenvalue weighted by Crippen LogP contribution is -2.42. The Hall–Kier alpha value is -1.18. The lowest BCUT2D eigenvalue weighted by Gasteiger charge is -2.40. The second-order valence-electron chi connectivity index (χ2n) is 5.42. The number of hydrogen-bond donors (Lipinski definition) is 1. The molecule has 2 atom stereocenters. The van der Waals surface area contributed by atoms with Crippen molar-refractivity contribution in [3.63, 3.8) is 0 Å². The van der Waals surface area contributed by atoms with Gasteiger partial charge >= 0.3 is 0 Å². The zero-order valence-corrected chi connectivity index (χ0v) is 11.2. The van der Waals surface area contributed by atoms with Gasteiger partial charge in [0.15, 0.2) is 0 Å². The first-order chi connectivity index (χ1) is 8.11. The van der Waals surface area contributed by atoms with E-state index in [1.807, 2.05) is 6.07 Å².